The molecule has 2 N–H and O–H groups in total. The van der Waals surface area contributed by atoms with Crippen LogP contribution in [0.25, 0.3) is 0 Å². The highest BCUT2D eigenvalue weighted by Crippen LogP contribution is 2.37. The molecule has 0 aliphatic rings. The Morgan fingerprint density at radius 2 is 0.905 bits per heavy atom. The number of aliphatic imine (C=N–C) groups is 2. The van der Waals surface area contributed by atoms with Crippen molar-refractivity contribution in [3.8, 4) is 11.5 Å². The zero-order valence-electron chi connectivity index (χ0n) is 28.0. The van der Waals surface area contributed by atoms with Gasteiger partial charge < -0.3 is 10.2 Å². The van der Waals surface area contributed by atoms with Crippen LogP contribution < -0.4 is 0 Å². The molecule has 0 fully saturated rings. The molecule has 3 rings (SSSR count). The third-order valence-corrected chi connectivity index (χ3v) is 7.02. The van der Waals surface area contributed by atoms with Gasteiger partial charge in [-0.3, -0.25) is 9.98 Å². The topological polar surface area (TPSA) is 65.2 Å². The highest BCUT2D eigenvalue weighted by atomic mass is 16.3. The average molecular weight is 569 g/mol. The van der Waals surface area contributed by atoms with Crippen molar-refractivity contribution in [2.75, 3.05) is 0 Å². The molecule has 0 heterocycles. The molecule has 0 aliphatic heterocycles. The van der Waals surface area contributed by atoms with E-state index in [0.717, 1.165) is 35.3 Å². The van der Waals surface area contributed by atoms with Crippen LogP contribution >= 0.6 is 0 Å². The van der Waals surface area contributed by atoms with E-state index in [1.165, 1.54) is 11.1 Å². The summed E-state index contributed by atoms with van der Waals surface area (Å²) in [6, 6.07) is 16.0. The molecule has 226 valence electrons. The summed E-state index contributed by atoms with van der Waals surface area (Å²) < 4.78 is 0. The number of phenolic OH excluding ortho intramolecular Hbond substituents is 2. The van der Waals surface area contributed by atoms with E-state index in [0.29, 0.717) is 11.1 Å². The summed E-state index contributed by atoms with van der Waals surface area (Å²) in [7, 11) is 0. The quantitative estimate of drug-likeness (QED) is 0.291. The third-order valence-electron chi connectivity index (χ3n) is 7.02. The molecule has 0 spiro atoms. The van der Waals surface area contributed by atoms with Crippen molar-refractivity contribution >= 4 is 23.8 Å². The van der Waals surface area contributed by atoms with E-state index in [4.69, 9.17) is 9.98 Å². The van der Waals surface area contributed by atoms with Crippen LogP contribution in [0.4, 0.5) is 11.4 Å². The maximum absolute atomic E-state index is 11.2. The maximum Gasteiger partial charge on any atom is 0.128 e. The molecular formula is C38H52N2O2. The van der Waals surface area contributed by atoms with Gasteiger partial charge in [0.05, 0.1) is 11.4 Å². The van der Waals surface area contributed by atoms with Crippen LogP contribution in [0.1, 0.15) is 116 Å². The summed E-state index contributed by atoms with van der Waals surface area (Å²) >= 11 is 0. The average Bonchev–Trinajstić information content (AvgIpc) is 2.81. The Balaban J connectivity index is 1.97. The first-order chi connectivity index (χ1) is 19.1. The van der Waals surface area contributed by atoms with Gasteiger partial charge in [0.25, 0.3) is 0 Å². The van der Waals surface area contributed by atoms with Crippen LogP contribution in [-0.2, 0) is 23.7 Å². The smallest absolute Gasteiger partial charge is 0.128 e. The Labute approximate surface area is 254 Å². The Morgan fingerprint density at radius 1 is 0.548 bits per heavy atom. The van der Waals surface area contributed by atoms with Crippen LogP contribution in [0, 0.1) is 10.8 Å². The lowest BCUT2D eigenvalue weighted by Crippen LogP contribution is -2.15. The van der Waals surface area contributed by atoms with Gasteiger partial charge in [0, 0.05) is 34.7 Å². The lowest BCUT2D eigenvalue weighted by Gasteiger charge is -2.25. The van der Waals surface area contributed by atoms with Crippen LogP contribution in [0.3, 0.4) is 0 Å². The molecule has 0 saturated heterocycles. The molecule has 4 nitrogen and oxygen atoms in total. The molecule has 4 heteroatoms. The van der Waals surface area contributed by atoms with Gasteiger partial charge in [-0.1, -0.05) is 101 Å². The first-order valence-corrected chi connectivity index (χ1v) is 15.0. The summed E-state index contributed by atoms with van der Waals surface area (Å²) in [5, 5.41) is 22.3. The molecule has 0 aliphatic carbocycles. The van der Waals surface area contributed by atoms with E-state index in [1.807, 2.05) is 36.4 Å². The fourth-order valence-electron chi connectivity index (χ4n) is 5.15. The molecule has 0 saturated carbocycles. The molecule has 0 aromatic heterocycles. The first-order valence-electron chi connectivity index (χ1n) is 15.0. The number of hydrogen-bond donors (Lipinski definition) is 2. The standard InChI is InChI=1S/C38H52N2O2/c1-35(2,3)21-25-16-27(33(41)31(18-25)37(7,8)9)23-39-29-14-13-15-30(20-29)40-24-28-17-26(22-36(4,5)6)19-32(34(28)42)38(10,11)12/h13-20,23-24,41-42H,21-22H2,1-12H3. The number of nitrogens with zero attached hydrogens (tertiary/aromatic N) is 2. The minimum Gasteiger partial charge on any atom is -0.507 e. The fraction of sp³-hybridized carbons (Fsp3) is 0.474. The van der Waals surface area contributed by atoms with E-state index in [9.17, 15) is 10.2 Å². The minimum atomic E-state index is -0.197. The summed E-state index contributed by atoms with van der Waals surface area (Å²) in [5.74, 6) is 0.553. The van der Waals surface area contributed by atoms with Crippen molar-refractivity contribution in [2.24, 2.45) is 20.8 Å². The fourth-order valence-corrected chi connectivity index (χ4v) is 5.15. The van der Waals surface area contributed by atoms with E-state index in [1.54, 1.807) is 12.4 Å². The minimum absolute atomic E-state index is 0.126. The van der Waals surface area contributed by atoms with Gasteiger partial charge in [0.1, 0.15) is 11.5 Å². The predicted octanol–water partition coefficient (Wildman–Crippen LogP) is 10.4. The van der Waals surface area contributed by atoms with Crippen molar-refractivity contribution in [3.63, 3.8) is 0 Å². The van der Waals surface area contributed by atoms with Crippen molar-refractivity contribution in [3.05, 3.63) is 81.9 Å². The molecule has 0 unspecified atom stereocenters. The SMILES string of the molecule is CC(C)(C)Cc1cc(C=Nc2cccc(N=Cc3cc(CC(C)(C)C)cc(C(C)(C)C)c3O)c2)c(O)c(C(C)(C)C)c1. The monoisotopic (exact) mass is 568 g/mol. The number of rotatable bonds is 6. The third kappa shape index (κ3) is 9.31. The van der Waals surface area contributed by atoms with Gasteiger partial charge >= 0.3 is 0 Å². The zero-order chi connectivity index (χ0) is 31.7. The zero-order valence-corrected chi connectivity index (χ0v) is 28.0. The number of aromatic hydroxyl groups is 2. The van der Waals surface area contributed by atoms with Crippen molar-refractivity contribution < 1.29 is 10.2 Å². The van der Waals surface area contributed by atoms with Gasteiger partial charge in [-0.2, -0.15) is 0 Å². The van der Waals surface area contributed by atoms with Crippen molar-refractivity contribution in [1.29, 1.82) is 0 Å². The summed E-state index contributed by atoms with van der Waals surface area (Å²) in [4.78, 5) is 9.45. The van der Waals surface area contributed by atoms with E-state index < -0.39 is 0 Å². The molecule has 0 bridgehead atoms. The Morgan fingerprint density at radius 3 is 1.21 bits per heavy atom. The van der Waals surface area contributed by atoms with Gasteiger partial charge in [0.15, 0.2) is 0 Å². The number of phenols is 2. The summed E-state index contributed by atoms with van der Waals surface area (Å²) in [6.45, 7) is 26.0. The first kappa shape index (κ1) is 33.1. The Bertz CT molecular complexity index is 1360. The maximum atomic E-state index is 11.2. The van der Waals surface area contributed by atoms with Crippen LogP contribution in [0.2, 0.25) is 0 Å². The summed E-state index contributed by atoms with van der Waals surface area (Å²) in [6.07, 6.45) is 5.30. The largest absolute Gasteiger partial charge is 0.507 e. The Kier molecular flexibility index (Phi) is 9.51. The number of benzene rings is 3. The normalized spacial score (nSPS) is 13.4. The second-order valence-corrected chi connectivity index (χ2v) is 16.2. The van der Waals surface area contributed by atoms with Crippen LogP contribution in [0.5, 0.6) is 11.5 Å². The highest BCUT2D eigenvalue weighted by molar-refractivity contribution is 5.88. The summed E-state index contributed by atoms with van der Waals surface area (Å²) in [5.41, 5.74) is 6.99. The lowest BCUT2D eigenvalue weighted by molar-refractivity contribution is 0.408. The second-order valence-electron chi connectivity index (χ2n) is 16.2. The molecule has 3 aromatic carbocycles. The second kappa shape index (κ2) is 12.1. The van der Waals surface area contributed by atoms with Crippen molar-refractivity contribution in [1.82, 2.24) is 0 Å². The van der Waals surface area contributed by atoms with Gasteiger partial charge in [-0.25, -0.2) is 0 Å². The van der Waals surface area contributed by atoms with E-state index in [-0.39, 0.29) is 33.2 Å². The lowest BCUT2D eigenvalue weighted by atomic mass is 9.81. The van der Waals surface area contributed by atoms with Gasteiger partial charge in [0.2, 0.25) is 0 Å². The van der Waals surface area contributed by atoms with Gasteiger partial charge in [-0.15, -0.1) is 0 Å². The predicted molar refractivity (Wildman–Crippen MR) is 181 cm³/mol. The molecule has 0 atom stereocenters. The molecule has 0 amide bonds. The van der Waals surface area contributed by atoms with E-state index in [2.05, 4.69) is 95.2 Å². The number of hydrogen-bond acceptors (Lipinski definition) is 4. The van der Waals surface area contributed by atoms with Gasteiger partial charge in [-0.05, 0) is 76.0 Å². The molecule has 42 heavy (non-hydrogen) atoms. The Hall–Kier alpha value is -3.40. The van der Waals surface area contributed by atoms with Crippen LogP contribution in [0.15, 0.2) is 58.5 Å². The van der Waals surface area contributed by atoms with Crippen molar-refractivity contribution in [2.45, 2.75) is 107 Å². The van der Waals surface area contributed by atoms with E-state index >= 15 is 0 Å². The molecular weight excluding hydrogens is 516 g/mol. The highest BCUT2D eigenvalue weighted by Gasteiger charge is 2.24. The molecule has 0 radical (unpaired) electrons. The molecule has 3 aromatic rings. The van der Waals surface area contributed by atoms with Crippen LogP contribution in [-0.4, -0.2) is 22.6 Å².